The minimum atomic E-state index is -0.534. The summed E-state index contributed by atoms with van der Waals surface area (Å²) in [6.07, 6.45) is 0. The van der Waals surface area contributed by atoms with Crippen molar-refractivity contribution in [1.82, 2.24) is 5.32 Å². The summed E-state index contributed by atoms with van der Waals surface area (Å²) in [6, 6.07) is 18.9. The lowest BCUT2D eigenvalue weighted by molar-refractivity contribution is 0.0469. The maximum Gasteiger partial charge on any atom is 0.343 e. The van der Waals surface area contributed by atoms with Gasteiger partial charge in [0.25, 0.3) is 0 Å². The Morgan fingerprint density at radius 3 is 2.11 bits per heavy atom. The lowest BCUT2D eigenvalue weighted by Gasteiger charge is -2.20. The van der Waals surface area contributed by atoms with E-state index in [1.54, 1.807) is 48.5 Å². The summed E-state index contributed by atoms with van der Waals surface area (Å²) in [5.74, 6) is -0.934. The van der Waals surface area contributed by atoms with Crippen molar-refractivity contribution >= 4 is 17.7 Å². The van der Waals surface area contributed by atoms with E-state index in [9.17, 15) is 14.4 Å². The SMILES string of the molecule is Cc1ccc(C(=O)OCc2cc(C(=O)CNC(C)(C)C)ccc2OC(=O)c2cccc(C)c2)cc1. The van der Waals surface area contributed by atoms with Gasteiger partial charge in [0.1, 0.15) is 12.4 Å². The van der Waals surface area contributed by atoms with Gasteiger partial charge in [0.15, 0.2) is 5.78 Å². The van der Waals surface area contributed by atoms with Crippen molar-refractivity contribution in [3.05, 3.63) is 100 Å². The van der Waals surface area contributed by atoms with E-state index < -0.39 is 11.9 Å². The third-order valence-electron chi connectivity index (χ3n) is 5.26. The molecule has 0 heterocycles. The molecule has 0 aliphatic carbocycles. The zero-order chi connectivity index (χ0) is 25.6. The van der Waals surface area contributed by atoms with Crippen LogP contribution in [-0.2, 0) is 11.3 Å². The molecule has 3 rings (SSSR count). The number of aryl methyl sites for hydroxylation is 2. The molecule has 0 atom stereocenters. The van der Waals surface area contributed by atoms with Crippen LogP contribution >= 0.6 is 0 Å². The first-order valence-electron chi connectivity index (χ1n) is 11.5. The minimum Gasteiger partial charge on any atom is -0.457 e. The molecule has 0 saturated heterocycles. The molecule has 0 aliphatic heterocycles. The van der Waals surface area contributed by atoms with Crippen LogP contribution in [0, 0.1) is 13.8 Å². The van der Waals surface area contributed by atoms with Gasteiger partial charge in [-0.15, -0.1) is 0 Å². The van der Waals surface area contributed by atoms with Crippen molar-refractivity contribution in [3.8, 4) is 5.75 Å². The summed E-state index contributed by atoms with van der Waals surface area (Å²) in [5.41, 5.74) is 3.41. The largest absolute Gasteiger partial charge is 0.457 e. The fourth-order valence-electron chi connectivity index (χ4n) is 3.26. The monoisotopic (exact) mass is 473 g/mol. The summed E-state index contributed by atoms with van der Waals surface area (Å²) < 4.78 is 11.1. The molecule has 35 heavy (non-hydrogen) atoms. The zero-order valence-corrected chi connectivity index (χ0v) is 20.8. The van der Waals surface area contributed by atoms with Gasteiger partial charge in [-0.2, -0.15) is 0 Å². The number of esters is 2. The van der Waals surface area contributed by atoms with Crippen LogP contribution in [0.25, 0.3) is 0 Å². The summed E-state index contributed by atoms with van der Waals surface area (Å²) in [6.45, 7) is 9.74. The standard InChI is InChI=1S/C29H31NO5/c1-19-9-11-21(12-10-19)27(32)34-18-24-16-22(25(31)17-30-29(3,4)5)13-14-26(24)35-28(33)23-8-6-7-20(2)15-23/h6-16,30H,17-18H2,1-5H3. The number of carbonyl (C=O) groups excluding carboxylic acids is 3. The molecule has 0 unspecified atom stereocenters. The molecule has 0 bridgehead atoms. The number of nitrogens with one attached hydrogen (secondary N) is 1. The summed E-state index contributed by atoms with van der Waals surface area (Å²) in [4.78, 5) is 38.0. The number of ether oxygens (including phenoxy) is 2. The van der Waals surface area contributed by atoms with E-state index in [-0.39, 0.29) is 30.2 Å². The van der Waals surface area contributed by atoms with Gasteiger partial charge >= 0.3 is 11.9 Å². The lowest BCUT2D eigenvalue weighted by atomic mass is 10.0. The van der Waals surface area contributed by atoms with Crippen LogP contribution in [0.2, 0.25) is 0 Å². The molecule has 182 valence electrons. The van der Waals surface area contributed by atoms with E-state index in [0.717, 1.165) is 11.1 Å². The Morgan fingerprint density at radius 2 is 1.46 bits per heavy atom. The molecule has 3 aromatic rings. The maximum atomic E-state index is 12.7. The van der Waals surface area contributed by atoms with Crippen molar-refractivity contribution in [2.24, 2.45) is 0 Å². The van der Waals surface area contributed by atoms with Crippen molar-refractivity contribution in [1.29, 1.82) is 0 Å². The van der Waals surface area contributed by atoms with Crippen molar-refractivity contribution in [2.75, 3.05) is 6.54 Å². The third kappa shape index (κ3) is 7.62. The fraction of sp³-hybridized carbons (Fsp3) is 0.276. The smallest absolute Gasteiger partial charge is 0.343 e. The Bertz CT molecular complexity index is 1220. The molecule has 6 nitrogen and oxygen atoms in total. The normalized spacial score (nSPS) is 11.1. The lowest BCUT2D eigenvalue weighted by Crippen LogP contribution is -2.39. The molecule has 1 N–H and O–H groups in total. The number of hydrogen-bond acceptors (Lipinski definition) is 6. The van der Waals surface area contributed by atoms with Gasteiger partial charge in [0, 0.05) is 16.7 Å². The number of ketones is 1. The van der Waals surface area contributed by atoms with Gasteiger partial charge in [0.2, 0.25) is 0 Å². The molecule has 6 heteroatoms. The molecule has 0 saturated carbocycles. The van der Waals surface area contributed by atoms with Crippen molar-refractivity contribution in [3.63, 3.8) is 0 Å². The van der Waals surface area contributed by atoms with Crippen LogP contribution in [0.3, 0.4) is 0 Å². The number of hydrogen-bond donors (Lipinski definition) is 1. The fourth-order valence-corrected chi connectivity index (χ4v) is 3.26. The van der Waals surface area contributed by atoms with E-state index in [2.05, 4.69) is 5.32 Å². The second kappa shape index (κ2) is 11.1. The molecular formula is C29H31NO5. The summed E-state index contributed by atoms with van der Waals surface area (Å²) in [5, 5.41) is 3.17. The summed E-state index contributed by atoms with van der Waals surface area (Å²) in [7, 11) is 0. The van der Waals surface area contributed by atoms with Crippen LogP contribution < -0.4 is 10.1 Å². The maximum absolute atomic E-state index is 12.7. The molecule has 0 aromatic heterocycles. The highest BCUT2D eigenvalue weighted by Crippen LogP contribution is 2.24. The van der Waals surface area contributed by atoms with Gasteiger partial charge in [-0.3, -0.25) is 4.79 Å². The average molecular weight is 474 g/mol. The van der Waals surface area contributed by atoms with E-state index >= 15 is 0 Å². The quantitative estimate of drug-likeness (QED) is 0.266. The highest BCUT2D eigenvalue weighted by Gasteiger charge is 2.18. The van der Waals surface area contributed by atoms with Gasteiger partial charge < -0.3 is 14.8 Å². The molecule has 0 radical (unpaired) electrons. The predicted molar refractivity (Wildman–Crippen MR) is 135 cm³/mol. The number of carbonyl (C=O) groups is 3. The first kappa shape index (κ1) is 25.8. The van der Waals surface area contributed by atoms with Crippen LogP contribution in [0.5, 0.6) is 5.75 Å². The van der Waals surface area contributed by atoms with Gasteiger partial charge in [-0.25, -0.2) is 9.59 Å². The number of Topliss-reactive ketones (excluding diaryl/α,β-unsaturated/α-hetero) is 1. The number of benzene rings is 3. The Balaban J connectivity index is 1.83. The van der Waals surface area contributed by atoms with E-state index in [4.69, 9.17) is 9.47 Å². The molecule has 0 fully saturated rings. The first-order valence-corrected chi connectivity index (χ1v) is 11.5. The summed E-state index contributed by atoms with van der Waals surface area (Å²) >= 11 is 0. The Kier molecular flexibility index (Phi) is 8.20. The van der Waals surface area contributed by atoms with Crippen LogP contribution in [0.15, 0.2) is 66.7 Å². The van der Waals surface area contributed by atoms with Crippen molar-refractivity contribution in [2.45, 2.75) is 46.8 Å². The zero-order valence-electron chi connectivity index (χ0n) is 20.8. The Morgan fingerprint density at radius 1 is 0.771 bits per heavy atom. The second-order valence-corrected chi connectivity index (χ2v) is 9.55. The van der Waals surface area contributed by atoms with Gasteiger partial charge in [-0.1, -0.05) is 35.4 Å². The van der Waals surface area contributed by atoms with Gasteiger partial charge in [0.05, 0.1) is 17.7 Å². The van der Waals surface area contributed by atoms with Crippen LogP contribution in [0.4, 0.5) is 0 Å². The van der Waals surface area contributed by atoms with E-state index in [1.165, 1.54) is 0 Å². The van der Waals surface area contributed by atoms with Crippen LogP contribution in [0.1, 0.15) is 68.5 Å². The molecule has 0 spiro atoms. The molecule has 0 amide bonds. The van der Waals surface area contributed by atoms with Crippen LogP contribution in [-0.4, -0.2) is 29.8 Å². The van der Waals surface area contributed by atoms with Crippen molar-refractivity contribution < 1.29 is 23.9 Å². The highest BCUT2D eigenvalue weighted by atomic mass is 16.5. The topological polar surface area (TPSA) is 81.7 Å². The third-order valence-corrected chi connectivity index (χ3v) is 5.26. The second-order valence-electron chi connectivity index (χ2n) is 9.55. The highest BCUT2D eigenvalue weighted by molar-refractivity contribution is 5.98. The molecular weight excluding hydrogens is 442 g/mol. The van der Waals surface area contributed by atoms with Gasteiger partial charge in [-0.05, 0) is 77.1 Å². The molecule has 0 aliphatic rings. The minimum absolute atomic E-state index is 0.123. The Labute approximate surface area is 206 Å². The predicted octanol–water partition coefficient (Wildman–Crippen LogP) is 5.45. The average Bonchev–Trinajstić information content (AvgIpc) is 2.81. The molecule has 3 aromatic carbocycles. The first-order chi connectivity index (χ1) is 16.5. The van der Waals surface area contributed by atoms with E-state index in [0.29, 0.717) is 22.3 Å². The van der Waals surface area contributed by atoms with E-state index in [1.807, 2.05) is 52.8 Å². The Hall–Kier alpha value is -3.77. The number of rotatable bonds is 8.